The molecule has 0 aliphatic carbocycles. The lowest BCUT2D eigenvalue weighted by molar-refractivity contribution is 0.581. The predicted molar refractivity (Wildman–Crippen MR) is 85.3 cm³/mol. The lowest BCUT2D eigenvalue weighted by atomic mass is 9.99. The van der Waals surface area contributed by atoms with Gasteiger partial charge in [-0.05, 0) is 54.5 Å². The molecule has 0 aliphatic heterocycles. The van der Waals surface area contributed by atoms with Crippen molar-refractivity contribution < 1.29 is 4.39 Å². The van der Waals surface area contributed by atoms with Gasteiger partial charge >= 0.3 is 0 Å². The van der Waals surface area contributed by atoms with E-state index in [-0.39, 0.29) is 11.9 Å². The third kappa shape index (κ3) is 3.66. The summed E-state index contributed by atoms with van der Waals surface area (Å²) in [7, 11) is 0. The summed E-state index contributed by atoms with van der Waals surface area (Å²) < 4.78 is 18.0. The second-order valence-corrected chi connectivity index (χ2v) is 6.36. The minimum Gasteiger partial charge on any atom is -0.305 e. The molecule has 0 spiro atoms. The fourth-order valence-electron chi connectivity index (χ4n) is 2.24. The SMILES string of the molecule is CCCNC(c1ccc(C)c(F)c1)c1snnc1C(C)C. The van der Waals surface area contributed by atoms with Crippen LogP contribution in [0.3, 0.4) is 0 Å². The highest BCUT2D eigenvalue weighted by atomic mass is 32.1. The van der Waals surface area contributed by atoms with Gasteiger partial charge in [-0.1, -0.05) is 37.4 Å². The molecule has 1 aromatic carbocycles. The van der Waals surface area contributed by atoms with Crippen LogP contribution >= 0.6 is 11.5 Å². The zero-order valence-corrected chi connectivity index (χ0v) is 13.8. The lowest BCUT2D eigenvalue weighted by Gasteiger charge is -2.19. The molecular weight excluding hydrogens is 285 g/mol. The number of aromatic nitrogens is 2. The standard InChI is InChI=1S/C16H22FN3S/c1-5-8-18-15(12-7-6-11(4)13(17)9-12)16-14(10(2)3)19-20-21-16/h6-7,9-10,15,18H,5,8H2,1-4H3. The highest BCUT2D eigenvalue weighted by molar-refractivity contribution is 7.05. The topological polar surface area (TPSA) is 37.8 Å². The molecule has 0 saturated heterocycles. The first-order valence-corrected chi connectivity index (χ1v) is 8.13. The molecule has 1 heterocycles. The predicted octanol–water partition coefficient (Wildman–Crippen LogP) is 4.20. The second kappa shape index (κ2) is 7.09. The molecule has 0 radical (unpaired) electrons. The minimum atomic E-state index is -0.167. The van der Waals surface area contributed by atoms with Crippen molar-refractivity contribution in [2.45, 2.75) is 46.1 Å². The molecule has 0 aliphatic rings. The Morgan fingerprint density at radius 3 is 2.71 bits per heavy atom. The van der Waals surface area contributed by atoms with Crippen molar-refractivity contribution >= 4 is 11.5 Å². The number of hydrogen-bond donors (Lipinski definition) is 1. The largest absolute Gasteiger partial charge is 0.305 e. The van der Waals surface area contributed by atoms with Gasteiger partial charge < -0.3 is 5.32 Å². The van der Waals surface area contributed by atoms with E-state index in [1.165, 1.54) is 11.5 Å². The number of benzene rings is 1. The molecule has 0 saturated carbocycles. The van der Waals surface area contributed by atoms with Crippen LogP contribution in [0.4, 0.5) is 4.39 Å². The van der Waals surface area contributed by atoms with E-state index >= 15 is 0 Å². The van der Waals surface area contributed by atoms with E-state index in [1.807, 2.05) is 12.1 Å². The third-order valence-corrected chi connectivity index (χ3v) is 4.28. The maximum atomic E-state index is 13.9. The molecule has 0 fully saturated rings. The van der Waals surface area contributed by atoms with Gasteiger partial charge in [0.25, 0.3) is 0 Å². The Morgan fingerprint density at radius 1 is 1.33 bits per heavy atom. The quantitative estimate of drug-likeness (QED) is 0.869. The minimum absolute atomic E-state index is 0.0440. The molecule has 1 N–H and O–H groups in total. The van der Waals surface area contributed by atoms with Gasteiger partial charge in [0.15, 0.2) is 0 Å². The van der Waals surface area contributed by atoms with Gasteiger partial charge in [0.05, 0.1) is 16.6 Å². The molecule has 1 atom stereocenters. The maximum Gasteiger partial charge on any atom is 0.126 e. The van der Waals surface area contributed by atoms with Crippen LogP contribution in [0.1, 0.15) is 60.8 Å². The van der Waals surface area contributed by atoms with Crippen molar-refractivity contribution in [1.29, 1.82) is 0 Å². The van der Waals surface area contributed by atoms with Crippen molar-refractivity contribution in [3.8, 4) is 0 Å². The summed E-state index contributed by atoms with van der Waals surface area (Å²) >= 11 is 1.40. The molecule has 0 amide bonds. The van der Waals surface area contributed by atoms with E-state index in [4.69, 9.17) is 0 Å². The fraction of sp³-hybridized carbons (Fsp3) is 0.500. The first-order chi connectivity index (χ1) is 10.0. The van der Waals surface area contributed by atoms with Gasteiger partial charge in [-0.15, -0.1) is 5.10 Å². The molecule has 21 heavy (non-hydrogen) atoms. The summed E-state index contributed by atoms with van der Waals surface area (Å²) in [4.78, 5) is 1.08. The molecule has 5 heteroatoms. The van der Waals surface area contributed by atoms with Crippen LogP contribution in [-0.4, -0.2) is 16.1 Å². The highest BCUT2D eigenvalue weighted by Crippen LogP contribution is 2.31. The van der Waals surface area contributed by atoms with Gasteiger partial charge in [-0.3, -0.25) is 0 Å². The van der Waals surface area contributed by atoms with Gasteiger partial charge in [0.1, 0.15) is 5.82 Å². The molecule has 1 unspecified atom stereocenters. The average molecular weight is 307 g/mol. The number of rotatable bonds is 6. The van der Waals surface area contributed by atoms with E-state index in [0.29, 0.717) is 11.5 Å². The van der Waals surface area contributed by atoms with E-state index in [1.54, 1.807) is 13.0 Å². The number of hydrogen-bond acceptors (Lipinski definition) is 4. The maximum absolute atomic E-state index is 13.9. The molecule has 114 valence electrons. The summed E-state index contributed by atoms with van der Waals surface area (Å²) in [6, 6.07) is 5.38. The first kappa shape index (κ1) is 16.0. The number of aryl methyl sites for hydroxylation is 1. The summed E-state index contributed by atoms with van der Waals surface area (Å²) in [6.07, 6.45) is 1.02. The van der Waals surface area contributed by atoms with E-state index in [9.17, 15) is 4.39 Å². The number of nitrogens with zero attached hydrogens (tertiary/aromatic N) is 2. The Labute approximate surface area is 129 Å². The summed E-state index contributed by atoms with van der Waals surface area (Å²) in [6.45, 7) is 8.98. The Balaban J connectivity index is 2.42. The Morgan fingerprint density at radius 2 is 2.10 bits per heavy atom. The Bertz CT molecular complexity index is 595. The lowest BCUT2D eigenvalue weighted by Crippen LogP contribution is -2.23. The average Bonchev–Trinajstić information content (AvgIpc) is 2.92. The zero-order valence-electron chi connectivity index (χ0n) is 13.0. The number of nitrogens with one attached hydrogen (secondary N) is 1. The molecular formula is C16H22FN3S. The normalized spacial score (nSPS) is 12.9. The van der Waals surface area contributed by atoms with Crippen molar-refractivity contribution in [3.63, 3.8) is 0 Å². The Hall–Kier alpha value is -1.33. The van der Waals surface area contributed by atoms with Crippen molar-refractivity contribution in [2.75, 3.05) is 6.54 Å². The molecule has 2 rings (SSSR count). The molecule has 2 aromatic rings. The van der Waals surface area contributed by atoms with E-state index in [2.05, 4.69) is 35.7 Å². The van der Waals surface area contributed by atoms with Crippen LogP contribution in [0, 0.1) is 12.7 Å². The summed E-state index contributed by atoms with van der Waals surface area (Å²) in [5.41, 5.74) is 2.59. The Kier molecular flexibility index (Phi) is 5.42. The zero-order chi connectivity index (χ0) is 15.4. The van der Waals surface area contributed by atoms with E-state index < -0.39 is 0 Å². The van der Waals surface area contributed by atoms with Crippen LogP contribution in [0.25, 0.3) is 0 Å². The van der Waals surface area contributed by atoms with E-state index in [0.717, 1.165) is 29.1 Å². The monoisotopic (exact) mass is 307 g/mol. The van der Waals surface area contributed by atoms with Gasteiger partial charge in [-0.2, -0.15) is 0 Å². The summed E-state index contributed by atoms with van der Waals surface area (Å²) in [5.74, 6) is 0.138. The van der Waals surface area contributed by atoms with Crippen molar-refractivity contribution in [2.24, 2.45) is 0 Å². The van der Waals surface area contributed by atoms with Crippen LogP contribution < -0.4 is 5.32 Å². The smallest absolute Gasteiger partial charge is 0.126 e. The fourth-order valence-corrected chi connectivity index (χ4v) is 3.16. The van der Waals surface area contributed by atoms with Crippen LogP contribution in [-0.2, 0) is 0 Å². The number of halogens is 1. The summed E-state index contributed by atoms with van der Waals surface area (Å²) in [5, 5.41) is 7.74. The van der Waals surface area contributed by atoms with Crippen molar-refractivity contribution in [1.82, 2.24) is 14.9 Å². The van der Waals surface area contributed by atoms with Crippen LogP contribution in [0.5, 0.6) is 0 Å². The second-order valence-electron chi connectivity index (χ2n) is 5.57. The van der Waals surface area contributed by atoms with Gasteiger partial charge in [-0.25, -0.2) is 4.39 Å². The van der Waals surface area contributed by atoms with Crippen LogP contribution in [0.15, 0.2) is 18.2 Å². The van der Waals surface area contributed by atoms with Gasteiger partial charge in [0, 0.05) is 0 Å². The highest BCUT2D eigenvalue weighted by Gasteiger charge is 2.22. The van der Waals surface area contributed by atoms with Crippen molar-refractivity contribution in [3.05, 3.63) is 45.7 Å². The molecule has 0 bridgehead atoms. The molecule has 1 aromatic heterocycles. The first-order valence-electron chi connectivity index (χ1n) is 7.36. The molecule has 3 nitrogen and oxygen atoms in total. The van der Waals surface area contributed by atoms with Crippen LogP contribution in [0.2, 0.25) is 0 Å². The van der Waals surface area contributed by atoms with Gasteiger partial charge in [0.2, 0.25) is 0 Å². The third-order valence-electron chi connectivity index (χ3n) is 3.48.